The van der Waals surface area contributed by atoms with Gasteiger partial charge in [-0.05, 0) is 0 Å². The number of hydrogen-bond acceptors (Lipinski definition) is 1. The third-order valence-corrected chi connectivity index (χ3v) is 0.857. The molecule has 0 unspecified atom stereocenters. The molecule has 1 aromatic heterocycles. The lowest BCUT2D eigenvalue weighted by Crippen LogP contribution is -3.00. The van der Waals surface area contributed by atoms with Gasteiger partial charge in [-0.15, -0.1) is 0 Å². The first kappa shape index (κ1) is 8.68. The van der Waals surface area contributed by atoms with Crippen molar-refractivity contribution in [2.75, 3.05) is 7.11 Å². The van der Waals surface area contributed by atoms with E-state index in [0.717, 1.165) is 5.75 Å². The van der Waals surface area contributed by atoms with Crippen molar-refractivity contribution >= 4 is 0 Å². The molecule has 50 valence electrons. The summed E-state index contributed by atoms with van der Waals surface area (Å²) in [6.45, 7) is 0. The summed E-state index contributed by atoms with van der Waals surface area (Å²) in [6, 6.07) is 3.50. The highest BCUT2D eigenvalue weighted by Gasteiger charge is 1.89. The summed E-state index contributed by atoms with van der Waals surface area (Å²) >= 11 is 0. The fourth-order valence-electron chi connectivity index (χ4n) is 0.450. The number of ether oxygens (including phenoxy) is 1. The van der Waals surface area contributed by atoms with Crippen molar-refractivity contribution in [2.24, 2.45) is 0 Å². The zero-order chi connectivity index (χ0) is 5.82. The van der Waals surface area contributed by atoms with E-state index in [1.54, 1.807) is 31.8 Å². The van der Waals surface area contributed by atoms with Crippen molar-refractivity contribution in [3.63, 3.8) is 0 Å². The van der Waals surface area contributed by atoms with E-state index in [1.165, 1.54) is 0 Å². The first-order valence-electron chi connectivity index (χ1n) is 2.33. The lowest BCUT2D eigenvalue weighted by atomic mass is 10.5. The standard InChI is InChI=1S/C6H7O2.HI/c1-7-6-2-4-8-5-3-6;/h2-5H,1H3;1H/q+1;/p-1. The van der Waals surface area contributed by atoms with Crippen LogP contribution in [0.4, 0.5) is 0 Å². The van der Waals surface area contributed by atoms with Gasteiger partial charge in [0.25, 0.3) is 0 Å². The Kier molecular flexibility index (Phi) is 4.39. The molecule has 1 heterocycles. The van der Waals surface area contributed by atoms with Crippen LogP contribution >= 0.6 is 0 Å². The Balaban J connectivity index is 0.000000640. The molecular formula is C6H7IO2. The monoisotopic (exact) mass is 238 g/mol. The average Bonchev–Trinajstić information content (AvgIpc) is 1.90. The average molecular weight is 238 g/mol. The highest BCUT2D eigenvalue weighted by Crippen LogP contribution is 2.05. The fourth-order valence-corrected chi connectivity index (χ4v) is 0.450. The predicted octanol–water partition coefficient (Wildman–Crippen LogP) is -1.43. The molecule has 1 aromatic rings. The van der Waals surface area contributed by atoms with Gasteiger partial charge >= 0.3 is 12.5 Å². The van der Waals surface area contributed by atoms with Gasteiger partial charge in [0.05, 0.1) is 19.2 Å². The highest BCUT2D eigenvalue weighted by atomic mass is 127. The van der Waals surface area contributed by atoms with Crippen LogP contribution in [-0.2, 0) is 0 Å². The molecule has 0 amide bonds. The van der Waals surface area contributed by atoms with E-state index in [1.807, 2.05) is 0 Å². The van der Waals surface area contributed by atoms with Gasteiger partial charge in [-0.2, -0.15) is 0 Å². The SMILES string of the molecule is COc1cc[o+]cc1.[I-]. The smallest absolute Gasteiger partial charge is 0.321 e. The van der Waals surface area contributed by atoms with Crippen molar-refractivity contribution in [2.45, 2.75) is 0 Å². The van der Waals surface area contributed by atoms with Crippen LogP contribution in [0.25, 0.3) is 0 Å². The van der Waals surface area contributed by atoms with Crippen LogP contribution < -0.4 is 28.7 Å². The van der Waals surface area contributed by atoms with E-state index < -0.39 is 0 Å². The van der Waals surface area contributed by atoms with Gasteiger partial charge in [0.2, 0.25) is 0 Å². The quantitative estimate of drug-likeness (QED) is 0.442. The molecule has 0 radical (unpaired) electrons. The van der Waals surface area contributed by atoms with Crippen molar-refractivity contribution in [3.05, 3.63) is 24.7 Å². The van der Waals surface area contributed by atoms with Gasteiger partial charge in [0.1, 0.15) is 5.75 Å². The molecule has 1 rings (SSSR count). The maximum Gasteiger partial charge on any atom is 0.321 e. The van der Waals surface area contributed by atoms with E-state index in [2.05, 4.69) is 0 Å². The van der Waals surface area contributed by atoms with Crippen molar-refractivity contribution in [3.8, 4) is 5.75 Å². The van der Waals surface area contributed by atoms with Crippen LogP contribution in [0, 0.1) is 0 Å². The summed E-state index contributed by atoms with van der Waals surface area (Å²) in [6.07, 6.45) is 3.14. The van der Waals surface area contributed by atoms with Gasteiger partial charge in [-0.3, -0.25) is 0 Å². The molecule has 0 N–H and O–H groups in total. The molecule has 0 bridgehead atoms. The van der Waals surface area contributed by atoms with Crippen LogP contribution in [0.1, 0.15) is 0 Å². The van der Waals surface area contributed by atoms with Gasteiger partial charge in [0, 0.05) is 0 Å². The summed E-state index contributed by atoms with van der Waals surface area (Å²) < 4.78 is 9.59. The minimum atomic E-state index is 0. The molecule has 0 saturated carbocycles. The molecule has 0 spiro atoms. The van der Waals surface area contributed by atoms with Crippen LogP contribution in [-0.4, -0.2) is 7.11 Å². The fraction of sp³-hybridized carbons (Fsp3) is 0.167. The minimum absolute atomic E-state index is 0. The lowest BCUT2D eigenvalue weighted by Gasteiger charge is -1.89. The van der Waals surface area contributed by atoms with Crippen LogP contribution in [0.15, 0.2) is 29.1 Å². The maximum absolute atomic E-state index is 4.85. The van der Waals surface area contributed by atoms with Gasteiger partial charge in [-0.25, -0.2) is 4.42 Å². The van der Waals surface area contributed by atoms with Crippen LogP contribution in [0.2, 0.25) is 0 Å². The Bertz CT molecular complexity index is 152. The van der Waals surface area contributed by atoms with Crippen molar-refractivity contribution in [1.29, 1.82) is 0 Å². The highest BCUT2D eigenvalue weighted by molar-refractivity contribution is 5.14. The Morgan fingerprint density at radius 1 is 1.33 bits per heavy atom. The third kappa shape index (κ3) is 2.64. The third-order valence-electron chi connectivity index (χ3n) is 0.857. The van der Waals surface area contributed by atoms with E-state index >= 15 is 0 Å². The number of hydrogen-bond donors (Lipinski definition) is 0. The Morgan fingerprint density at radius 3 is 2.22 bits per heavy atom. The van der Waals surface area contributed by atoms with E-state index in [0.29, 0.717) is 0 Å². The molecule has 0 aliphatic rings. The van der Waals surface area contributed by atoms with E-state index in [4.69, 9.17) is 9.15 Å². The predicted molar refractivity (Wildman–Crippen MR) is 29.7 cm³/mol. The lowest BCUT2D eigenvalue weighted by molar-refractivity contribution is -0.00000241. The first-order chi connectivity index (χ1) is 3.93. The van der Waals surface area contributed by atoms with Crippen LogP contribution in [0.5, 0.6) is 5.75 Å². The summed E-state index contributed by atoms with van der Waals surface area (Å²) in [5.41, 5.74) is 0. The number of rotatable bonds is 1. The number of halogens is 1. The van der Waals surface area contributed by atoms with Crippen molar-refractivity contribution in [1.82, 2.24) is 0 Å². The number of methoxy groups -OCH3 is 1. The summed E-state index contributed by atoms with van der Waals surface area (Å²) in [5.74, 6) is 0.816. The molecule has 2 nitrogen and oxygen atoms in total. The molecule has 0 aliphatic heterocycles. The van der Waals surface area contributed by atoms with E-state index in [9.17, 15) is 0 Å². The van der Waals surface area contributed by atoms with Crippen LogP contribution in [0.3, 0.4) is 0 Å². The minimum Gasteiger partial charge on any atom is -1.00 e. The molecular weight excluding hydrogens is 231 g/mol. The summed E-state index contributed by atoms with van der Waals surface area (Å²) in [5, 5.41) is 0. The van der Waals surface area contributed by atoms with Gasteiger partial charge in [0.15, 0.2) is 0 Å². The molecule has 0 atom stereocenters. The molecule has 0 aromatic carbocycles. The normalized spacial score (nSPS) is 7.67. The Hall–Kier alpha value is -0.320. The molecule has 3 heteroatoms. The molecule has 0 aliphatic carbocycles. The largest absolute Gasteiger partial charge is 1.00 e. The molecule has 0 saturated heterocycles. The molecule has 9 heavy (non-hydrogen) atoms. The van der Waals surface area contributed by atoms with Gasteiger partial charge < -0.3 is 28.7 Å². The topological polar surface area (TPSA) is 20.5 Å². The first-order valence-corrected chi connectivity index (χ1v) is 2.33. The Morgan fingerprint density at radius 2 is 1.89 bits per heavy atom. The maximum atomic E-state index is 4.85. The van der Waals surface area contributed by atoms with Crippen molar-refractivity contribution < 1.29 is 33.1 Å². The summed E-state index contributed by atoms with van der Waals surface area (Å²) in [4.78, 5) is 0. The zero-order valence-electron chi connectivity index (χ0n) is 5.00. The van der Waals surface area contributed by atoms with Gasteiger partial charge in [-0.1, -0.05) is 0 Å². The second-order valence-corrected chi connectivity index (χ2v) is 1.35. The molecule has 0 fully saturated rings. The Labute approximate surface area is 70.9 Å². The zero-order valence-corrected chi connectivity index (χ0v) is 7.16. The second-order valence-electron chi connectivity index (χ2n) is 1.35. The van der Waals surface area contributed by atoms with E-state index in [-0.39, 0.29) is 24.0 Å². The summed E-state index contributed by atoms with van der Waals surface area (Å²) in [7, 11) is 1.62. The second kappa shape index (κ2) is 4.55.